The largest absolute Gasteiger partial charge is 0.497 e. The van der Waals surface area contributed by atoms with Crippen LogP contribution in [0.3, 0.4) is 0 Å². The molecule has 0 aliphatic carbocycles. The maximum Gasteiger partial charge on any atom is 0.335 e. The molecule has 0 fully saturated rings. The molecule has 0 aromatic heterocycles. The van der Waals surface area contributed by atoms with Crippen molar-refractivity contribution in [3.05, 3.63) is 95.1 Å². The van der Waals surface area contributed by atoms with Gasteiger partial charge in [-0.3, -0.25) is 0 Å². The lowest BCUT2D eigenvalue weighted by Gasteiger charge is -2.26. The Morgan fingerprint density at radius 1 is 0.677 bits per heavy atom. The van der Waals surface area contributed by atoms with Crippen LogP contribution in [0.2, 0.25) is 0 Å². The van der Waals surface area contributed by atoms with E-state index >= 15 is 0 Å². The SMILES string of the molecule is COc1ccc(C(C)(C)c2ccc(OC)cc2)cc1.O=C(O)c1cccc(C(=O)O)c1. The fraction of sp³-hybridized carbons (Fsp3) is 0.200. The number of methoxy groups -OCH3 is 2. The van der Waals surface area contributed by atoms with Crippen molar-refractivity contribution >= 4 is 11.9 Å². The van der Waals surface area contributed by atoms with Crippen molar-refractivity contribution in [2.24, 2.45) is 0 Å². The van der Waals surface area contributed by atoms with E-state index in [-0.39, 0.29) is 16.5 Å². The molecule has 0 saturated carbocycles. The molecule has 0 aliphatic heterocycles. The van der Waals surface area contributed by atoms with Crippen LogP contribution in [0.15, 0.2) is 72.8 Å². The second kappa shape index (κ2) is 10.3. The van der Waals surface area contributed by atoms with Crippen LogP contribution in [-0.2, 0) is 5.41 Å². The number of benzene rings is 3. The molecule has 0 saturated heterocycles. The van der Waals surface area contributed by atoms with Gasteiger partial charge in [0.25, 0.3) is 0 Å². The van der Waals surface area contributed by atoms with Crippen LogP contribution in [-0.4, -0.2) is 36.4 Å². The van der Waals surface area contributed by atoms with Gasteiger partial charge < -0.3 is 19.7 Å². The van der Waals surface area contributed by atoms with Crippen LogP contribution in [0.4, 0.5) is 0 Å². The lowest BCUT2D eigenvalue weighted by molar-refractivity contribution is 0.0696. The van der Waals surface area contributed by atoms with E-state index in [0.29, 0.717) is 0 Å². The van der Waals surface area contributed by atoms with Crippen molar-refractivity contribution in [1.82, 2.24) is 0 Å². The number of hydrogen-bond acceptors (Lipinski definition) is 4. The zero-order valence-electron chi connectivity index (χ0n) is 18.0. The Labute approximate surface area is 181 Å². The third-order valence-corrected chi connectivity index (χ3v) is 4.98. The summed E-state index contributed by atoms with van der Waals surface area (Å²) >= 11 is 0. The maximum absolute atomic E-state index is 10.4. The molecule has 3 aromatic carbocycles. The summed E-state index contributed by atoms with van der Waals surface area (Å²) < 4.78 is 10.4. The van der Waals surface area contributed by atoms with E-state index in [2.05, 4.69) is 38.1 Å². The molecule has 0 heterocycles. The summed E-state index contributed by atoms with van der Waals surface area (Å²) in [5.74, 6) is -0.486. The third kappa shape index (κ3) is 6.09. The van der Waals surface area contributed by atoms with Gasteiger partial charge in [-0.25, -0.2) is 9.59 Å². The lowest BCUT2D eigenvalue weighted by atomic mass is 9.78. The Morgan fingerprint density at radius 3 is 1.32 bits per heavy atom. The second-order valence-electron chi connectivity index (χ2n) is 7.27. The monoisotopic (exact) mass is 422 g/mol. The van der Waals surface area contributed by atoms with E-state index < -0.39 is 11.9 Å². The topological polar surface area (TPSA) is 93.1 Å². The highest BCUT2D eigenvalue weighted by Crippen LogP contribution is 2.33. The van der Waals surface area contributed by atoms with Crippen molar-refractivity contribution in [3.63, 3.8) is 0 Å². The van der Waals surface area contributed by atoms with Gasteiger partial charge in [-0.2, -0.15) is 0 Å². The van der Waals surface area contributed by atoms with Crippen molar-refractivity contribution in [3.8, 4) is 11.5 Å². The molecule has 0 radical (unpaired) electrons. The maximum atomic E-state index is 10.4. The van der Waals surface area contributed by atoms with Gasteiger partial charge in [0.2, 0.25) is 0 Å². The molecule has 6 nitrogen and oxygen atoms in total. The van der Waals surface area contributed by atoms with Crippen LogP contribution in [0.25, 0.3) is 0 Å². The molecule has 0 atom stereocenters. The molecule has 6 heteroatoms. The van der Waals surface area contributed by atoms with Crippen molar-refractivity contribution in [1.29, 1.82) is 0 Å². The molecular weight excluding hydrogens is 396 g/mol. The van der Waals surface area contributed by atoms with Crippen LogP contribution in [0, 0.1) is 0 Å². The van der Waals surface area contributed by atoms with Crippen LogP contribution in [0.5, 0.6) is 11.5 Å². The summed E-state index contributed by atoms with van der Waals surface area (Å²) in [6.45, 7) is 4.44. The minimum atomic E-state index is -1.13. The quantitative estimate of drug-likeness (QED) is 0.573. The number of ether oxygens (including phenoxy) is 2. The Morgan fingerprint density at radius 2 is 1.03 bits per heavy atom. The number of carbonyl (C=O) groups is 2. The zero-order chi connectivity index (χ0) is 23.0. The highest BCUT2D eigenvalue weighted by Gasteiger charge is 2.23. The van der Waals surface area contributed by atoms with Gasteiger partial charge in [0, 0.05) is 5.41 Å². The molecule has 31 heavy (non-hydrogen) atoms. The zero-order valence-corrected chi connectivity index (χ0v) is 18.0. The van der Waals surface area contributed by atoms with Gasteiger partial charge in [0.15, 0.2) is 0 Å². The Hall–Kier alpha value is -3.80. The van der Waals surface area contributed by atoms with Gasteiger partial charge in [0.1, 0.15) is 11.5 Å². The van der Waals surface area contributed by atoms with Crippen LogP contribution < -0.4 is 9.47 Å². The number of carboxylic acids is 2. The molecule has 0 bridgehead atoms. The highest BCUT2D eigenvalue weighted by molar-refractivity contribution is 5.93. The number of rotatable bonds is 6. The van der Waals surface area contributed by atoms with E-state index in [1.54, 1.807) is 14.2 Å². The van der Waals surface area contributed by atoms with Gasteiger partial charge in [-0.05, 0) is 53.6 Å². The fourth-order valence-electron chi connectivity index (χ4n) is 2.97. The first-order valence-corrected chi connectivity index (χ1v) is 9.54. The van der Waals surface area contributed by atoms with Crippen LogP contribution in [0.1, 0.15) is 45.7 Å². The summed E-state index contributed by atoms with van der Waals surface area (Å²) in [6.07, 6.45) is 0. The second-order valence-corrected chi connectivity index (χ2v) is 7.27. The molecule has 2 N–H and O–H groups in total. The Balaban J connectivity index is 0.000000245. The molecule has 0 aliphatic rings. The van der Waals surface area contributed by atoms with Crippen molar-refractivity contribution < 1.29 is 29.3 Å². The molecule has 162 valence electrons. The summed E-state index contributed by atoms with van der Waals surface area (Å²) in [4.78, 5) is 20.8. The van der Waals surface area contributed by atoms with E-state index in [1.165, 1.54) is 29.3 Å². The van der Waals surface area contributed by atoms with E-state index in [9.17, 15) is 9.59 Å². The Bertz CT molecular complexity index is 942. The molecular formula is C25H26O6. The number of carboxylic acid groups (broad SMARTS) is 2. The van der Waals surface area contributed by atoms with Crippen LogP contribution >= 0.6 is 0 Å². The van der Waals surface area contributed by atoms with E-state index in [4.69, 9.17) is 19.7 Å². The van der Waals surface area contributed by atoms with Gasteiger partial charge >= 0.3 is 11.9 Å². The number of hydrogen-bond donors (Lipinski definition) is 2. The first-order chi connectivity index (χ1) is 14.7. The fourth-order valence-corrected chi connectivity index (χ4v) is 2.97. The van der Waals surface area contributed by atoms with Gasteiger partial charge in [-0.15, -0.1) is 0 Å². The van der Waals surface area contributed by atoms with E-state index in [0.717, 1.165) is 17.6 Å². The molecule has 0 unspecified atom stereocenters. The first-order valence-electron chi connectivity index (χ1n) is 9.54. The van der Waals surface area contributed by atoms with Gasteiger partial charge in [-0.1, -0.05) is 44.2 Å². The van der Waals surface area contributed by atoms with Crippen molar-refractivity contribution in [2.75, 3.05) is 14.2 Å². The number of aromatic carboxylic acids is 2. The Kier molecular flexibility index (Phi) is 7.80. The smallest absolute Gasteiger partial charge is 0.335 e. The summed E-state index contributed by atoms with van der Waals surface area (Å²) in [6, 6.07) is 21.7. The standard InChI is InChI=1S/C17H20O2.C8H6O4/c1-17(2,13-5-9-15(18-3)10-6-13)14-7-11-16(19-4)12-8-14;9-7(10)5-2-1-3-6(4-5)8(11)12/h5-12H,1-4H3;1-4H,(H,9,10)(H,11,12). The predicted octanol–water partition coefficient (Wildman–Crippen LogP) is 5.11. The third-order valence-electron chi connectivity index (χ3n) is 4.98. The minimum absolute atomic E-state index is 0.0186. The van der Waals surface area contributed by atoms with Crippen molar-refractivity contribution in [2.45, 2.75) is 19.3 Å². The van der Waals surface area contributed by atoms with E-state index in [1.807, 2.05) is 24.3 Å². The molecule has 3 rings (SSSR count). The summed E-state index contributed by atoms with van der Waals surface area (Å²) in [5, 5.41) is 17.0. The summed E-state index contributed by atoms with van der Waals surface area (Å²) in [5.41, 5.74) is 2.44. The normalized spacial score (nSPS) is 10.5. The minimum Gasteiger partial charge on any atom is -0.497 e. The average molecular weight is 422 g/mol. The average Bonchev–Trinajstić information content (AvgIpc) is 2.79. The molecule has 3 aromatic rings. The van der Waals surface area contributed by atoms with Gasteiger partial charge in [0.05, 0.1) is 25.3 Å². The summed E-state index contributed by atoms with van der Waals surface area (Å²) in [7, 11) is 3.37. The molecule has 0 amide bonds. The highest BCUT2D eigenvalue weighted by atomic mass is 16.5. The lowest BCUT2D eigenvalue weighted by Crippen LogP contribution is -2.18. The molecule has 0 spiro atoms. The predicted molar refractivity (Wildman–Crippen MR) is 118 cm³/mol. The first kappa shape index (κ1) is 23.5.